The van der Waals surface area contributed by atoms with Crippen LogP contribution in [0.5, 0.6) is 0 Å². The molecule has 7 nitrogen and oxygen atoms in total. The van der Waals surface area contributed by atoms with Crippen molar-refractivity contribution in [2.75, 3.05) is 5.32 Å². The molecular weight excluding hydrogens is 268 g/mol. The molecule has 0 atom stereocenters. The normalized spacial score (nSPS) is 10.1. The molecule has 0 spiro atoms. The average Bonchev–Trinajstić information content (AvgIpc) is 2.88. The standard InChI is InChI=1S/C11H10N4O3S/c12-11(16)7-1-2-10(15(17)18)9(3-7)14-5-8-4-13-6-19-8/h1-4,6,14H,5H2,(H2,12,16). The lowest BCUT2D eigenvalue weighted by Gasteiger charge is -2.06. The van der Waals surface area contributed by atoms with Crippen LogP contribution in [0.4, 0.5) is 11.4 Å². The number of nitrogens with zero attached hydrogens (tertiary/aromatic N) is 2. The van der Waals surface area contributed by atoms with Crippen molar-refractivity contribution in [2.24, 2.45) is 5.73 Å². The Morgan fingerprint density at radius 1 is 1.53 bits per heavy atom. The number of carbonyl (C=O) groups excluding carboxylic acids is 1. The van der Waals surface area contributed by atoms with Crippen molar-refractivity contribution in [3.05, 3.63) is 50.5 Å². The van der Waals surface area contributed by atoms with Gasteiger partial charge >= 0.3 is 0 Å². The zero-order valence-corrected chi connectivity index (χ0v) is 10.5. The summed E-state index contributed by atoms with van der Waals surface area (Å²) in [6.07, 6.45) is 1.67. The third-order valence-corrected chi connectivity index (χ3v) is 3.19. The summed E-state index contributed by atoms with van der Waals surface area (Å²) in [5.74, 6) is -0.629. The SMILES string of the molecule is NC(=O)c1ccc([N+](=O)[O-])c(NCc2cncs2)c1. The van der Waals surface area contributed by atoms with Crippen molar-refractivity contribution >= 4 is 28.6 Å². The van der Waals surface area contributed by atoms with E-state index >= 15 is 0 Å². The number of benzene rings is 1. The van der Waals surface area contributed by atoms with E-state index in [1.165, 1.54) is 29.5 Å². The van der Waals surface area contributed by atoms with Crippen LogP contribution >= 0.6 is 11.3 Å². The van der Waals surface area contributed by atoms with E-state index in [0.717, 1.165) is 4.88 Å². The maximum atomic E-state index is 11.1. The lowest BCUT2D eigenvalue weighted by molar-refractivity contribution is -0.384. The second-order valence-corrected chi connectivity index (χ2v) is 4.65. The van der Waals surface area contributed by atoms with Gasteiger partial charge in [-0.2, -0.15) is 0 Å². The van der Waals surface area contributed by atoms with E-state index in [4.69, 9.17) is 5.73 Å². The summed E-state index contributed by atoms with van der Waals surface area (Å²) in [5.41, 5.74) is 7.20. The fourth-order valence-corrected chi connectivity index (χ4v) is 2.04. The van der Waals surface area contributed by atoms with Gasteiger partial charge < -0.3 is 11.1 Å². The molecule has 0 aliphatic rings. The number of carbonyl (C=O) groups is 1. The van der Waals surface area contributed by atoms with Gasteiger partial charge in [0.2, 0.25) is 5.91 Å². The van der Waals surface area contributed by atoms with E-state index in [-0.39, 0.29) is 16.9 Å². The molecule has 0 aliphatic heterocycles. The molecule has 19 heavy (non-hydrogen) atoms. The Labute approximate surface area is 112 Å². The zero-order chi connectivity index (χ0) is 13.8. The van der Waals surface area contributed by atoms with E-state index in [1.807, 2.05) is 0 Å². The Hall–Kier alpha value is -2.48. The van der Waals surface area contributed by atoms with Crippen molar-refractivity contribution in [2.45, 2.75) is 6.54 Å². The Bertz CT molecular complexity index is 612. The first-order valence-corrected chi connectivity index (χ1v) is 6.15. The first kappa shape index (κ1) is 13.0. The molecule has 0 saturated carbocycles. The van der Waals surface area contributed by atoms with Gasteiger partial charge in [0.05, 0.1) is 17.0 Å². The minimum Gasteiger partial charge on any atom is -0.375 e. The summed E-state index contributed by atoms with van der Waals surface area (Å²) >= 11 is 1.43. The van der Waals surface area contributed by atoms with Gasteiger partial charge in [-0.25, -0.2) is 0 Å². The number of amides is 1. The van der Waals surface area contributed by atoms with Crippen LogP contribution in [-0.2, 0) is 6.54 Å². The van der Waals surface area contributed by atoms with E-state index in [2.05, 4.69) is 10.3 Å². The van der Waals surface area contributed by atoms with E-state index in [1.54, 1.807) is 11.7 Å². The molecule has 0 bridgehead atoms. The third-order valence-electron chi connectivity index (χ3n) is 2.41. The number of rotatable bonds is 5. The van der Waals surface area contributed by atoms with Gasteiger partial charge in [-0.1, -0.05) is 0 Å². The highest BCUT2D eigenvalue weighted by Gasteiger charge is 2.15. The number of aromatic nitrogens is 1. The lowest BCUT2D eigenvalue weighted by Crippen LogP contribution is -2.12. The molecule has 0 unspecified atom stereocenters. The summed E-state index contributed by atoms with van der Waals surface area (Å²) < 4.78 is 0. The maximum absolute atomic E-state index is 11.1. The summed E-state index contributed by atoms with van der Waals surface area (Å²) in [6.45, 7) is 0.397. The summed E-state index contributed by atoms with van der Waals surface area (Å²) in [6, 6.07) is 3.97. The number of thiazole rings is 1. The smallest absolute Gasteiger partial charge is 0.292 e. The predicted octanol–water partition coefficient (Wildman–Crippen LogP) is 1.76. The molecule has 1 aromatic heterocycles. The number of nitrogens with two attached hydrogens (primary N) is 1. The predicted molar refractivity (Wildman–Crippen MR) is 71.1 cm³/mol. The number of nitro groups is 1. The van der Waals surface area contributed by atoms with Gasteiger partial charge in [-0.3, -0.25) is 19.9 Å². The lowest BCUT2D eigenvalue weighted by atomic mass is 10.1. The van der Waals surface area contributed by atoms with Gasteiger partial charge in [0, 0.05) is 22.7 Å². The molecule has 0 aliphatic carbocycles. The van der Waals surface area contributed by atoms with Crippen molar-refractivity contribution in [3.63, 3.8) is 0 Å². The fraction of sp³-hybridized carbons (Fsp3) is 0.0909. The molecule has 3 N–H and O–H groups in total. The maximum Gasteiger partial charge on any atom is 0.292 e. The second-order valence-electron chi connectivity index (χ2n) is 3.67. The van der Waals surface area contributed by atoms with E-state index in [0.29, 0.717) is 6.54 Å². The largest absolute Gasteiger partial charge is 0.375 e. The molecule has 2 aromatic rings. The first-order chi connectivity index (χ1) is 9.08. The van der Waals surface area contributed by atoms with E-state index < -0.39 is 10.8 Å². The molecular formula is C11H10N4O3S. The van der Waals surface area contributed by atoms with Gasteiger partial charge in [0.15, 0.2) is 0 Å². The molecule has 1 aromatic carbocycles. The van der Waals surface area contributed by atoms with E-state index in [9.17, 15) is 14.9 Å². The molecule has 98 valence electrons. The Morgan fingerprint density at radius 3 is 2.89 bits per heavy atom. The molecule has 0 fully saturated rings. The molecule has 8 heteroatoms. The second kappa shape index (κ2) is 5.44. The molecule has 1 amide bonds. The number of primary amides is 1. The Morgan fingerprint density at radius 2 is 2.32 bits per heavy atom. The van der Waals surface area contributed by atoms with Crippen LogP contribution in [0.2, 0.25) is 0 Å². The average molecular weight is 278 g/mol. The summed E-state index contributed by atoms with van der Waals surface area (Å²) in [7, 11) is 0. The van der Waals surface area contributed by atoms with Gasteiger partial charge in [0.1, 0.15) is 5.69 Å². The topological polar surface area (TPSA) is 111 Å². The Kier molecular flexibility index (Phi) is 3.71. The molecule has 1 heterocycles. The molecule has 0 saturated heterocycles. The minimum atomic E-state index is -0.629. The fourth-order valence-electron chi connectivity index (χ4n) is 1.50. The molecule has 2 rings (SSSR count). The van der Waals surface area contributed by atoms with Crippen LogP contribution in [0.15, 0.2) is 29.9 Å². The van der Waals surface area contributed by atoms with Gasteiger partial charge in [-0.05, 0) is 12.1 Å². The van der Waals surface area contributed by atoms with Crippen LogP contribution < -0.4 is 11.1 Å². The highest BCUT2D eigenvalue weighted by atomic mass is 32.1. The van der Waals surface area contributed by atoms with Crippen LogP contribution in [0.3, 0.4) is 0 Å². The third kappa shape index (κ3) is 3.05. The van der Waals surface area contributed by atoms with Crippen LogP contribution in [0.1, 0.15) is 15.2 Å². The number of hydrogen-bond donors (Lipinski definition) is 2. The molecule has 0 radical (unpaired) electrons. The summed E-state index contributed by atoms with van der Waals surface area (Å²) in [4.78, 5) is 26.3. The Balaban J connectivity index is 2.27. The number of nitrogens with one attached hydrogen (secondary N) is 1. The van der Waals surface area contributed by atoms with Crippen LogP contribution in [0.25, 0.3) is 0 Å². The minimum absolute atomic E-state index is 0.102. The highest BCUT2D eigenvalue weighted by Crippen LogP contribution is 2.26. The first-order valence-electron chi connectivity index (χ1n) is 5.27. The highest BCUT2D eigenvalue weighted by molar-refractivity contribution is 7.09. The zero-order valence-electron chi connectivity index (χ0n) is 9.70. The summed E-state index contributed by atoms with van der Waals surface area (Å²) in [5, 5.41) is 13.8. The number of anilines is 1. The number of nitro benzene ring substituents is 1. The van der Waals surface area contributed by atoms with Gasteiger partial charge in [-0.15, -0.1) is 11.3 Å². The van der Waals surface area contributed by atoms with Crippen molar-refractivity contribution in [1.82, 2.24) is 4.98 Å². The van der Waals surface area contributed by atoms with Crippen LogP contribution in [-0.4, -0.2) is 15.8 Å². The van der Waals surface area contributed by atoms with Crippen molar-refractivity contribution < 1.29 is 9.72 Å². The number of hydrogen-bond acceptors (Lipinski definition) is 6. The van der Waals surface area contributed by atoms with Gasteiger partial charge in [0.25, 0.3) is 5.69 Å². The monoisotopic (exact) mass is 278 g/mol. The quantitative estimate of drug-likeness (QED) is 0.639. The van der Waals surface area contributed by atoms with Crippen molar-refractivity contribution in [3.8, 4) is 0 Å². The van der Waals surface area contributed by atoms with Crippen molar-refractivity contribution in [1.29, 1.82) is 0 Å². The van der Waals surface area contributed by atoms with Crippen LogP contribution in [0, 0.1) is 10.1 Å².